The molecule has 5 amide bonds. The van der Waals surface area contributed by atoms with E-state index in [0.29, 0.717) is 24.8 Å². The largest absolute Gasteiger partial charge is 0.459 e. The summed E-state index contributed by atoms with van der Waals surface area (Å²) in [5, 5.41) is 9.06. The maximum Gasteiger partial charge on any atom is 0.315 e. The molecule has 4 aliphatic heterocycles. The summed E-state index contributed by atoms with van der Waals surface area (Å²) in [6, 6.07) is 3.62. The van der Waals surface area contributed by atoms with Gasteiger partial charge < -0.3 is 30.2 Å². The molecule has 0 radical (unpaired) electrons. The molecule has 0 aromatic carbocycles. The van der Waals surface area contributed by atoms with Crippen LogP contribution in [0.4, 0.5) is 4.79 Å². The SMILES string of the molecule is O=C1N[C@H]2[C@H](CS[C@H]2CCCCC(=O)N2CCC3(CCN(C(=O)CNC(=O)c4ccco4)CC3)C2)N1. The van der Waals surface area contributed by atoms with Crippen LogP contribution in [0.2, 0.25) is 0 Å². The third-order valence-electron chi connectivity index (χ3n) is 8.18. The lowest BCUT2D eigenvalue weighted by atomic mass is 9.78. The summed E-state index contributed by atoms with van der Waals surface area (Å²) in [5.41, 5.74) is 0.104. The lowest BCUT2D eigenvalue weighted by molar-refractivity contribution is -0.134. The zero-order valence-electron chi connectivity index (χ0n) is 20.5. The van der Waals surface area contributed by atoms with Crippen LogP contribution in [-0.4, -0.2) is 89.4 Å². The van der Waals surface area contributed by atoms with E-state index < -0.39 is 0 Å². The number of carbonyl (C=O) groups is 4. The highest BCUT2D eigenvalue weighted by Gasteiger charge is 2.44. The number of urea groups is 1. The molecule has 4 saturated heterocycles. The third-order valence-corrected chi connectivity index (χ3v) is 9.69. The number of thioether (sulfide) groups is 1. The van der Waals surface area contributed by atoms with Crippen LogP contribution >= 0.6 is 11.8 Å². The zero-order chi connectivity index (χ0) is 25.1. The van der Waals surface area contributed by atoms with Crippen molar-refractivity contribution < 1.29 is 23.6 Å². The molecule has 3 atom stereocenters. The van der Waals surface area contributed by atoms with E-state index in [0.717, 1.165) is 57.4 Å². The molecular weight excluding hydrogens is 482 g/mol. The van der Waals surface area contributed by atoms with Crippen LogP contribution in [0.15, 0.2) is 22.8 Å². The quantitative estimate of drug-likeness (QED) is 0.355. The molecular formula is C25H35N5O5S. The molecule has 4 fully saturated rings. The van der Waals surface area contributed by atoms with E-state index >= 15 is 0 Å². The fourth-order valence-corrected chi connectivity index (χ4v) is 7.52. The number of rotatable bonds is 8. The normalized spacial score (nSPS) is 26.6. The highest BCUT2D eigenvalue weighted by atomic mass is 32.2. The Morgan fingerprint density at radius 1 is 1.08 bits per heavy atom. The average Bonchev–Trinajstić information content (AvgIpc) is 3.67. The highest BCUT2D eigenvalue weighted by molar-refractivity contribution is 8.00. The molecule has 0 bridgehead atoms. The Balaban J connectivity index is 0.985. The van der Waals surface area contributed by atoms with Gasteiger partial charge in [0.05, 0.1) is 24.9 Å². The van der Waals surface area contributed by atoms with Crippen LogP contribution in [-0.2, 0) is 9.59 Å². The van der Waals surface area contributed by atoms with Crippen molar-refractivity contribution in [3.63, 3.8) is 0 Å². The molecule has 1 aromatic heterocycles. The van der Waals surface area contributed by atoms with Gasteiger partial charge in [-0.15, -0.1) is 0 Å². The summed E-state index contributed by atoms with van der Waals surface area (Å²) in [6.45, 7) is 2.85. The number of hydrogen-bond donors (Lipinski definition) is 3. The summed E-state index contributed by atoms with van der Waals surface area (Å²) in [4.78, 5) is 52.7. The first-order valence-electron chi connectivity index (χ1n) is 13.0. The molecule has 0 saturated carbocycles. The van der Waals surface area contributed by atoms with Crippen molar-refractivity contribution in [1.82, 2.24) is 25.8 Å². The molecule has 196 valence electrons. The van der Waals surface area contributed by atoms with Crippen molar-refractivity contribution in [3.05, 3.63) is 24.2 Å². The minimum atomic E-state index is -0.389. The number of nitrogens with one attached hydrogen (secondary N) is 3. The van der Waals surface area contributed by atoms with E-state index in [9.17, 15) is 19.2 Å². The Hall–Kier alpha value is -2.69. The Kier molecular flexibility index (Phi) is 7.45. The predicted molar refractivity (Wildman–Crippen MR) is 134 cm³/mol. The number of hydrogen-bond acceptors (Lipinski definition) is 6. The van der Waals surface area contributed by atoms with Crippen LogP contribution < -0.4 is 16.0 Å². The molecule has 10 nitrogen and oxygen atoms in total. The molecule has 36 heavy (non-hydrogen) atoms. The van der Waals surface area contributed by atoms with E-state index in [2.05, 4.69) is 16.0 Å². The van der Waals surface area contributed by atoms with Gasteiger partial charge in [0, 0.05) is 43.6 Å². The first-order chi connectivity index (χ1) is 17.4. The minimum absolute atomic E-state index is 0.0409. The molecule has 11 heteroatoms. The van der Waals surface area contributed by atoms with Crippen LogP contribution in [0, 0.1) is 5.41 Å². The van der Waals surface area contributed by atoms with Crippen molar-refractivity contribution in [2.75, 3.05) is 38.5 Å². The number of likely N-dealkylation sites (tertiary alicyclic amines) is 2. The lowest BCUT2D eigenvalue weighted by Crippen LogP contribution is -2.47. The predicted octanol–water partition coefficient (Wildman–Crippen LogP) is 1.58. The number of amides is 5. The number of unbranched alkanes of at least 4 members (excludes halogenated alkanes) is 1. The fraction of sp³-hybridized carbons (Fsp3) is 0.680. The number of piperidine rings is 1. The van der Waals surface area contributed by atoms with Crippen LogP contribution in [0.25, 0.3) is 0 Å². The molecule has 5 rings (SSSR count). The van der Waals surface area contributed by atoms with Gasteiger partial charge >= 0.3 is 6.03 Å². The smallest absolute Gasteiger partial charge is 0.315 e. The number of furan rings is 1. The van der Waals surface area contributed by atoms with Crippen molar-refractivity contribution in [2.45, 2.75) is 62.3 Å². The van der Waals surface area contributed by atoms with Gasteiger partial charge in [0.1, 0.15) is 0 Å². The first-order valence-corrected chi connectivity index (χ1v) is 14.0. The van der Waals surface area contributed by atoms with Crippen LogP contribution in [0.1, 0.15) is 55.5 Å². The van der Waals surface area contributed by atoms with E-state index in [1.165, 1.54) is 6.26 Å². The Morgan fingerprint density at radius 3 is 2.61 bits per heavy atom. The van der Waals surface area contributed by atoms with Crippen molar-refractivity contribution >= 4 is 35.5 Å². The van der Waals surface area contributed by atoms with E-state index in [4.69, 9.17) is 4.42 Å². The summed E-state index contributed by atoms with van der Waals surface area (Å²) in [5.74, 6) is 0.919. The topological polar surface area (TPSA) is 124 Å². The van der Waals surface area contributed by atoms with E-state index in [-0.39, 0.29) is 53.6 Å². The molecule has 3 N–H and O–H groups in total. The summed E-state index contributed by atoms with van der Waals surface area (Å²) >= 11 is 1.92. The van der Waals surface area contributed by atoms with Crippen molar-refractivity contribution in [3.8, 4) is 0 Å². The first kappa shape index (κ1) is 25.0. The van der Waals surface area contributed by atoms with Gasteiger partial charge in [-0.1, -0.05) is 6.42 Å². The second kappa shape index (κ2) is 10.7. The molecule has 4 aliphatic rings. The summed E-state index contributed by atoms with van der Waals surface area (Å²) < 4.78 is 5.05. The molecule has 0 unspecified atom stereocenters. The third kappa shape index (κ3) is 5.50. The van der Waals surface area contributed by atoms with Crippen molar-refractivity contribution in [2.24, 2.45) is 5.41 Å². The van der Waals surface area contributed by atoms with Gasteiger partial charge in [0.15, 0.2) is 5.76 Å². The fourth-order valence-electron chi connectivity index (χ4n) is 5.97. The zero-order valence-corrected chi connectivity index (χ0v) is 21.3. The average molecular weight is 518 g/mol. The van der Waals surface area contributed by atoms with Gasteiger partial charge in [-0.3, -0.25) is 14.4 Å². The van der Waals surface area contributed by atoms with Gasteiger partial charge in [0.2, 0.25) is 11.8 Å². The highest BCUT2D eigenvalue weighted by Crippen LogP contribution is 2.40. The Bertz CT molecular complexity index is 977. The minimum Gasteiger partial charge on any atom is -0.459 e. The Morgan fingerprint density at radius 2 is 1.86 bits per heavy atom. The molecule has 1 aromatic rings. The lowest BCUT2D eigenvalue weighted by Gasteiger charge is -2.39. The number of carbonyl (C=O) groups excluding carboxylic acids is 4. The summed E-state index contributed by atoms with van der Waals surface area (Å²) in [7, 11) is 0. The second-order valence-corrected chi connectivity index (χ2v) is 11.7. The second-order valence-electron chi connectivity index (χ2n) is 10.5. The maximum atomic E-state index is 12.9. The van der Waals surface area contributed by atoms with Gasteiger partial charge in [-0.25, -0.2) is 4.79 Å². The van der Waals surface area contributed by atoms with Crippen LogP contribution in [0.5, 0.6) is 0 Å². The molecule has 5 heterocycles. The molecule has 1 spiro atoms. The van der Waals surface area contributed by atoms with Gasteiger partial charge in [0.25, 0.3) is 5.91 Å². The number of fused-ring (bicyclic) bond motifs is 1. The van der Waals surface area contributed by atoms with Crippen LogP contribution in [0.3, 0.4) is 0 Å². The number of nitrogens with zero attached hydrogens (tertiary/aromatic N) is 2. The summed E-state index contributed by atoms with van der Waals surface area (Å²) in [6.07, 6.45) is 7.66. The molecule has 0 aliphatic carbocycles. The van der Waals surface area contributed by atoms with Crippen molar-refractivity contribution in [1.29, 1.82) is 0 Å². The Labute approximate surface area is 215 Å². The monoisotopic (exact) mass is 517 g/mol. The van der Waals surface area contributed by atoms with Gasteiger partial charge in [-0.2, -0.15) is 11.8 Å². The standard InChI is InChI=1S/C25H35N5O5S/c31-20(6-2-1-5-19-22-17(15-36-19)27-24(34)28-22)30-12-9-25(16-30)7-10-29(11-8-25)21(32)14-26-23(33)18-4-3-13-35-18/h3-4,13,17,19,22H,1-2,5-12,14-16H2,(H,26,33)(H2,27,28,34)/t17-,19-,22-/m0/s1. The van der Waals surface area contributed by atoms with E-state index in [1.807, 2.05) is 21.6 Å². The van der Waals surface area contributed by atoms with E-state index in [1.54, 1.807) is 12.1 Å². The maximum absolute atomic E-state index is 12.9. The van der Waals surface area contributed by atoms with Gasteiger partial charge in [-0.05, 0) is 49.7 Å².